The van der Waals surface area contributed by atoms with Crippen LogP contribution in [0.2, 0.25) is 0 Å². The monoisotopic (exact) mass is 732 g/mol. The molecular formula is C36H64N2O13. The zero-order chi connectivity index (χ0) is 38.2. The SMILES string of the molecule is CO[C@]1(C)C[C@H](O[C@H]2[C@H](C)[C@@H](O[C@@H]3O[C@H](C)C[C@H](N(C)C)[C@H]3O)[C@@](C)(OC)CC(C)[C@H](O)[C@H](C)N3C[C@H](COC3=O)OC(=O)[C@@H]2C)O[C@@H](C)[C@@H]1O. The fourth-order valence-electron chi connectivity index (χ4n) is 8.40. The molecule has 1 amide bonds. The molecule has 4 heterocycles. The topological polar surface area (TPSA) is 175 Å². The summed E-state index contributed by atoms with van der Waals surface area (Å²) in [7, 11) is 6.86. The molecule has 296 valence electrons. The lowest BCUT2D eigenvalue weighted by Gasteiger charge is -2.50. The number of methoxy groups -OCH3 is 2. The van der Waals surface area contributed by atoms with Crippen molar-refractivity contribution in [1.82, 2.24) is 9.80 Å². The fourth-order valence-corrected chi connectivity index (χ4v) is 8.40. The number of likely N-dealkylation sites (N-methyl/N-ethyl adjacent to an activating group) is 1. The quantitative estimate of drug-likeness (QED) is 0.324. The van der Waals surface area contributed by atoms with E-state index in [-0.39, 0.29) is 38.1 Å². The zero-order valence-electron chi connectivity index (χ0n) is 32.5. The van der Waals surface area contributed by atoms with Crippen molar-refractivity contribution in [2.24, 2.45) is 17.8 Å². The minimum Gasteiger partial charge on any atom is -0.457 e. The van der Waals surface area contributed by atoms with Gasteiger partial charge in [0.05, 0.1) is 60.2 Å². The Morgan fingerprint density at radius 1 is 0.882 bits per heavy atom. The molecule has 0 aromatic carbocycles. The minimum atomic E-state index is -1.16. The largest absolute Gasteiger partial charge is 0.457 e. The second kappa shape index (κ2) is 16.8. The third-order valence-corrected chi connectivity index (χ3v) is 11.9. The van der Waals surface area contributed by atoms with E-state index in [2.05, 4.69) is 0 Å². The van der Waals surface area contributed by atoms with Gasteiger partial charge in [0.25, 0.3) is 0 Å². The van der Waals surface area contributed by atoms with Crippen molar-refractivity contribution in [3.63, 3.8) is 0 Å². The van der Waals surface area contributed by atoms with Crippen LogP contribution in [-0.4, -0.2) is 163 Å². The molecule has 0 aliphatic carbocycles. The van der Waals surface area contributed by atoms with Gasteiger partial charge in [-0.05, 0) is 74.4 Å². The van der Waals surface area contributed by atoms with Crippen molar-refractivity contribution < 1.29 is 62.8 Å². The molecule has 15 heteroatoms. The van der Waals surface area contributed by atoms with E-state index in [1.165, 1.54) is 12.0 Å². The molecule has 17 atom stereocenters. The Labute approximate surface area is 303 Å². The lowest BCUT2D eigenvalue weighted by molar-refractivity contribution is -0.319. The molecular weight excluding hydrogens is 668 g/mol. The maximum atomic E-state index is 14.0. The molecule has 0 aromatic rings. The summed E-state index contributed by atoms with van der Waals surface area (Å²) in [4.78, 5) is 30.3. The molecule has 4 fully saturated rings. The van der Waals surface area contributed by atoms with Gasteiger partial charge in [0, 0.05) is 32.6 Å². The van der Waals surface area contributed by atoms with Crippen LogP contribution in [0.1, 0.15) is 74.7 Å². The van der Waals surface area contributed by atoms with Crippen LogP contribution in [0, 0.1) is 17.8 Å². The molecule has 0 spiro atoms. The maximum Gasteiger partial charge on any atom is 0.410 e. The lowest BCUT2D eigenvalue weighted by atomic mass is 9.76. The number of hydrogen-bond acceptors (Lipinski definition) is 14. The minimum absolute atomic E-state index is 0.0477. The second-order valence-corrected chi connectivity index (χ2v) is 16.0. The average molecular weight is 733 g/mol. The van der Waals surface area contributed by atoms with Crippen molar-refractivity contribution >= 4 is 12.1 Å². The second-order valence-electron chi connectivity index (χ2n) is 16.0. The molecule has 4 aliphatic rings. The molecule has 51 heavy (non-hydrogen) atoms. The summed E-state index contributed by atoms with van der Waals surface area (Å²) >= 11 is 0. The Hall–Kier alpha value is -1.66. The highest BCUT2D eigenvalue weighted by atomic mass is 16.7. The van der Waals surface area contributed by atoms with Gasteiger partial charge in [-0.3, -0.25) is 9.69 Å². The number of esters is 1. The first kappa shape index (κ1) is 42.1. The number of amides is 1. The van der Waals surface area contributed by atoms with E-state index in [1.807, 2.05) is 46.7 Å². The van der Waals surface area contributed by atoms with Crippen LogP contribution in [0.4, 0.5) is 4.79 Å². The molecule has 1 unspecified atom stereocenters. The van der Waals surface area contributed by atoms with E-state index in [0.29, 0.717) is 6.42 Å². The number of carbonyl (C=O) groups is 2. The number of fused-ring (bicyclic) bond motifs is 2. The molecule has 0 aromatic heterocycles. The molecule has 3 N–H and O–H groups in total. The van der Waals surface area contributed by atoms with E-state index < -0.39 is 102 Å². The van der Waals surface area contributed by atoms with E-state index >= 15 is 0 Å². The van der Waals surface area contributed by atoms with Gasteiger partial charge >= 0.3 is 12.1 Å². The van der Waals surface area contributed by atoms with E-state index in [9.17, 15) is 24.9 Å². The number of carbonyl (C=O) groups excluding carboxylic acids is 2. The number of rotatable bonds is 7. The molecule has 4 rings (SSSR count). The van der Waals surface area contributed by atoms with E-state index in [0.717, 1.165) is 0 Å². The normalized spacial score (nSPS) is 47.8. The summed E-state index contributed by atoms with van der Waals surface area (Å²) in [5.74, 6) is -2.59. The summed E-state index contributed by atoms with van der Waals surface area (Å²) in [6.45, 7) is 14.4. The van der Waals surface area contributed by atoms with Crippen molar-refractivity contribution in [2.75, 3.05) is 41.5 Å². The Balaban J connectivity index is 1.81. The average Bonchev–Trinajstić information content (AvgIpc) is 3.08. The van der Waals surface area contributed by atoms with Gasteiger partial charge in [-0.2, -0.15) is 0 Å². The smallest absolute Gasteiger partial charge is 0.410 e. The van der Waals surface area contributed by atoms with Gasteiger partial charge < -0.3 is 58.1 Å². The van der Waals surface area contributed by atoms with Gasteiger partial charge in [-0.15, -0.1) is 0 Å². The molecule has 4 aliphatic heterocycles. The molecule has 0 saturated carbocycles. The van der Waals surface area contributed by atoms with Gasteiger partial charge in [0.15, 0.2) is 18.7 Å². The van der Waals surface area contributed by atoms with Crippen LogP contribution in [0.5, 0.6) is 0 Å². The predicted molar refractivity (Wildman–Crippen MR) is 183 cm³/mol. The van der Waals surface area contributed by atoms with E-state index in [1.54, 1.807) is 34.8 Å². The lowest BCUT2D eigenvalue weighted by Crippen LogP contribution is -2.61. The Morgan fingerprint density at radius 3 is 2.14 bits per heavy atom. The summed E-state index contributed by atoms with van der Waals surface area (Å²) < 4.78 is 49.4. The van der Waals surface area contributed by atoms with Crippen LogP contribution in [0.15, 0.2) is 0 Å². The summed E-state index contributed by atoms with van der Waals surface area (Å²) in [6, 6.07) is -0.933. The molecule has 4 saturated heterocycles. The summed E-state index contributed by atoms with van der Waals surface area (Å²) in [5, 5.41) is 34.1. The van der Waals surface area contributed by atoms with Gasteiger partial charge in [0.1, 0.15) is 18.8 Å². The van der Waals surface area contributed by atoms with E-state index in [4.69, 9.17) is 37.9 Å². The number of cyclic esters (lactones) is 1. The standard InChI is InChI=1S/C36H64N2O13/c1-18-14-36(8,45-12)31(51-33-28(40)25(37(9)10)13-19(2)47-33)20(3)29(50-26-15-35(7,44-11)30(41)23(6)48-26)21(4)32(42)49-24-16-38(22(5)27(18)39)34(43)46-17-24/h18-31,33,39-41H,13-17H2,1-12H3/t18?,19-,20+,21-,22+,23+,24-,25+,26+,27+,28-,29+,30+,31-,33+,35-,36+/m1/s1. The van der Waals surface area contributed by atoms with Crippen LogP contribution >= 0.6 is 0 Å². The zero-order valence-corrected chi connectivity index (χ0v) is 32.5. The van der Waals surface area contributed by atoms with Crippen LogP contribution in [0.3, 0.4) is 0 Å². The first-order chi connectivity index (χ1) is 23.8. The van der Waals surface area contributed by atoms with Gasteiger partial charge in [-0.25, -0.2) is 4.79 Å². The van der Waals surface area contributed by atoms with Gasteiger partial charge in [0.2, 0.25) is 0 Å². The number of aliphatic hydroxyl groups excluding tert-OH is 3. The fraction of sp³-hybridized carbons (Fsp3) is 0.944. The van der Waals surface area contributed by atoms with Crippen LogP contribution in [-0.2, 0) is 42.7 Å². The van der Waals surface area contributed by atoms with Crippen LogP contribution < -0.4 is 0 Å². The highest BCUT2D eigenvalue weighted by molar-refractivity contribution is 5.73. The van der Waals surface area contributed by atoms with Crippen molar-refractivity contribution in [1.29, 1.82) is 0 Å². The molecule has 15 nitrogen and oxygen atoms in total. The third kappa shape index (κ3) is 9.01. The third-order valence-electron chi connectivity index (χ3n) is 11.9. The summed E-state index contributed by atoms with van der Waals surface area (Å²) in [6.07, 6.45) is -8.03. The number of hydrogen-bond donors (Lipinski definition) is 3. The highest BCUT2D eigenvalue weighted by Crippen LogP contribution is 2.41. The highest BCUT2D eigenvalue weighted by Gasteiger charge is 2.53. The molecule has 0 radical (unpaired) electrons. The number of nitrogens with zero attached hydrogens (tertiary/aromatic N) is 2. The summed E-state index contributed by atoms with van der Waals surface area (Å²) in [5.41, 5.74) is -2.15. The van der Waals surface area contributed by atoms with Crippen molar-refractivity contribution in [3.8, 4) is 0 Å². The Morgan fingerprint density at radius 2 is 1.53 bits per heavy atom. The first-order valence-electron chi connectivity index (χ1n) is 18.3. The Bertz CT molecular complexity index is 1180. The molecule has 2 bridgehead atoms. The van der Waals surface area contributed by atoms with Crippen molar-refractivity contribution in [2.45, 2.75) is 159 Å². The van der Waals surface area contributed by atoms with Crippen molar-refractivity contribution in [3.05, 3.63) is 0 Å². The first-order valence-corrected chi connectivity index (χ1v) is 18.3. The predicted octanol–water partition coefficient (Wildman–Crippen LogP) is 1.91. The van der Waals surface area contributed by atoms with Crippen LogP contribution in [0.25, 0.3) is 0 Å². The Kier molecular flexibility index (Phi) is 13.9. The maximum absolute atomic E-state index is 14.0. The number of ether oxygens (including phenoxy) is 8. The number of aliphatic hydroxyl groups is 3. The van der Waals surface area contributed by atoms with Gasteiger partial charge in [-0.1, -0.05) is 13.8 Å².